The van der Waals surface area contributed by atoms with Gasteiger partial charge in [-0.1, -0.05) is 38.1 Å². The molecular weight excluding hydrogens is 372 g/mol. The Bertz CT molecular complexity index is 919. The third kappa shape index (κ3) is 4.55. The lowest BCUT2D eigenvalue weighted by Gasteiger charge is -2.28. The molecule has 28 heavy (non-hydrogen) atoms. The summed E-state index contributed by atoms with van der Waals surface area (Å²) in [5.74, 6) is 0.586. The van der Waals surface area contributed by atoms with Crippen LogP contribution in [0.25, 0.3) is 0 Å². The highest BCUT2D eigenvalue weighted by Crippen LogP contribution is 2.24. The molecule has 3 rings (SSSR count). The Morgan fingerprint density at radius 3 is 2.25 bits per heavy atom. The van der Waals surface area contributed by atoms with Crippen molar-refractivity contribution in [3.05, 3.63) is 65.2 Å². The minimum absolute atomic E-state index is 0.0824. The van der Waals surface area contributed by atoms with Gasteiger partial charge in [-0.2, -0.15) is 0 Å². The normalized spacial score (nSPS) is 16.2. The molecule has 6 heteroatoms. The van der Waals surface area contributed by atoms with Crippen molar-refractivity contribution in [3.63, 3.8) is 0 Å². The van der Waals surface area contributed by atoms with Gasteiger partial charge in [0.25, 0.3) is 5.91 Å². The number of carbonyl (C=O) groups is 1. The maximum Gasteiger partial charge on any atom is 0.253 e. The fourth-order valence-corrected chi connectivity index (χ4v) is 5.06. The summed E-state index contributed by atoms with van der Waals surface area (Å²) in [7, 11) is -1.46. The fraction of sp³-hybridized carbons (Fsp3) is 0.409. The number of benzene rings is 2. The minimum atomic E-state index is -3.24. The van der Waals surface area contributed by atoms with E-state index >= 15 is 0 Å². The predicted octanol–water partition coefficient (Wildman–Crippen LogP) is 4.01. The number of anilines is 1. The summed E-state index contributed by atoms with van der Waals surface area (Å²) in [4.78, 5) is 14.4. The fourth-order valence-electron chi connectivity index (χ4n) is 3.42. The maximum atomic E-state index is 12.7. The van der Waals surface area contributed by atoms with Crippen LogP contribution in [0.5, 0.6) is 0 Å². The van der Waals surface area contributed by atoms with Crippen LogP contribution in [0, 0.1) is 0 Å². The van der Waals surface area contributed by atoms with Crippen molar-refractivity contribution in [3.8, 4) is 0 Å². The van der Waals surface area contributed by atoms with Crippen molar-refractivity contribution in [1.82, 2.24) is 4.90 Å². The SMILES string of the molecule is CC(C)c1ccc(CN(C)C(=O)c2ccc(N3CCCCS3(=O)=O)cc2)cc1. The van der Waals surface area contributed by atoms with Crippen molar-refractivity contribution in [2.75, 3.05) is 23.7 Å². The maximum absolute atomic E-state index is 12.7. The first-order chi connectivity index (χ1) is 13.3. The van der Waals surface area contributed by atoms with Crippen molar-refractivity contribution >= 4 is 21.6 Å². The molecule has 1 fully saturated rings. The van der Waals surface area contributed by atoms with E-state index in [9.17, 15) is 13.2 Å². The van der Waals surface area contributed by atoms with Crippen LogP contribution in [-0.4, -0.2) is 38.6 Å². The topological polar surface area (TPSA) is 57.7 Å². The van der Waals surface area contributed by atoms with Gasteiger partial charge in [-0.3, -0.25) is 9.10 Å². The van der Waals surface area contributed by atoms with Crippen molar-refractivity contribution in [1.29, 1.82) is 0 Å². The third-order valence-corrected chi connectivity index (χ3v) is 7.03. The summed E-state index contributed by atoms with van der Waals surface area (Å²) in [6.07, 6.45) is 1.57. The zero-order chi connectivity index (χ0) is 20.3. The largest absolute Gasteiger partial charge is 0.337 e. The molecule has 1 aliphatic heterocycles. The summed E-state index contributed by atoms with van der Waals surface area (Å²) in [5.41, 5.74) is 3.54. The number of hydrogen-bond donors (Lipinski definition) is 0. The highest BCUT2D eigenvalue weighted by molar-refractivity contribution is 7.92. The summed E-state index contributed by atoms with van der Waals surface area (Å²) < 4.78 is 25.9. The van der Waals surface area contributed by atoms with Gasteiger partial charge in [0.15, 0.2) is 0 Å². The molecule has 0 aliphatic carbocycles. The monoisotopic (exact) mass is 400 g/mol. The molecule has 2 aromatic rings. The number of carbonyl (C=O) groups excluding carboxylic acids is 1. The molecule has 0 aromatic heterocycles. The van der Waals surface area contributed by atoms with Gasteiger partial charge in [-0.05, 0) is 54.2 Å². The van der Waals surface area contributed by atoms with Gasteiger partial charge in [-0.25, -0.2) is 8.42 Å². The van der Waals surface area contributed by atoms with E-state index in [4.69, 9.17) is 0 Å². The molecule has 0 atom stereocenters. The lowest BCUT2D eigenvalue weighted by Crippen LogP contribution is -2.37. The number of hydrogen-bond acceptors (Lipinski definition) is 3. The van der Waals surface area contributed by atoms with E-state index in [-0.39, 0.29) is 11.7 Å². The Labute approximate surface area is 168 Å². The molecule has 0 saturated carbocycles. The molecular formula is C22H28N2O3S. The zero-order valence-electron chi connectivity index (χ0n) is 16.8. The first-order valence-electron chi connectivity index (χ1n) is 9.73. The average molecular weight is 401 g/mol. The smallest absolute Gasteiger partial charge is 0.253 e. The van der Waals surface area contributed by atoms with E-state index in [2.05, 4.69) is 38.1 Å². The number of rotatable bonds is 5. The summed E-state index contributed by atoms with van der Waals surface area (Å²) >= 11 is 0. The van der Waals surface area contributed by atoms with Crippen molar-refractivity contribution in [2.45, 2.75) is 39.2 Å². The van der Waals surface area contributed by atoms with Crippen LogP contribution < -0.4 is 4.31 Å². The molecule has 2 aromatic carbocycles. The lowest BCUT2D eigenvalue weighted by atomic mass is 10.0. The second kappa shape index (κ2) is 8.35. The molecule has 0 N–H and O–H groups in total. The highest BCUT2D eigenvalue weighted by Gasteiger charge is 2.26. The molecule has 0 bridgehead atoms. The van der Waals surface area contributed by atoms with Crippen molar-refractivity contribution in [2.24, 2.45) is 0 Å². The third-order valence-electron chi connectivity index (χ3n) is 5.16. The van der Waals surface area contributed by atoms with Gasteiger partial charge in [0.2, 0.25) is 10.0 Å². The Morgan fingerprint density at radius 1 is 1.04 bits per heavy atom. The molecule has 0 unspecified atom stereocenters. The summed E-state index contributed by atoms with van der Waals surface area (Å²) in [6, 6.07) is 15.2. The van der Waals surface area contributed by atoms with E-state index in [0.717, 1.165) is 12.0 Å². The van der Waals surface area contributed by atoms with E-state index < -0.39 is 10.0 Å². The lowest BCUT2D eigenvalue weighted by molar-refractivity contribution is 0.0785. The Hall–Kier alpha value is -2.34. The standard InChI is InChI=1S/C22H28N2O3S/c1-17(2)19-8-6-18(7-9-19)16-23(3)22(25)20-10-12-21(13-11-20)24-14-4-5-15-28(24,26)27/h6-13,17H,4-5,14-16H2,1-3H3. The van der Waals surface area contributed by atoms with E-state index in [1.165, 1.54) is 9.87 Å². The van der Waals surface area contributed by atoms with Crippen LogP contribution in [0.4, 0.5) is 5.69 Å². The van der Waals surface area contributed by atoms with Crippen LogP contribution in [0.1, 0.15) is 54.1 Å². The van der Waals surface area contributed by atoms with Crippen LogP contribution in [-0.2, 0) is 16.6 Å². The Kier molecular flexibility index (Phi) is 6.08. The highest BCUT2D eigenvalue weighted by atomic mass is 32.2. The molecule has 0 spiro atoms. The van der Waals surface area contributed by atoms with E-state index in [1.54, 1.807) is 36.2 Å². The molecule has 1 saturated heterocycles. The van der Waals surface area contributed by atoms with Gasteiger partial charge in [0, 0.05) is 25.7 Å². The molecule has 5 nitrogen and oxygen atoms in total. The van der Waals surface area contributed by atoms with Crippen molar-refractivity contribution < 1.29 is 13.2 Å². The summed E-state index contributed by atoms with van der Waals surface area (Å²) in [6.45, 7) is 5.34. The average Bonchev–Trinajstić information content (AvgIpc) is 2.67. The van der Waals surface area contributed by atoms with Gasteiger partial charge >= 0.3 is 0 Å². The zero-order valence-corrected chi connectivity index (χ0v) is 17.6. The Balaban J connectivity index is 1.68. The van der Waals surface area contributed by atoms with Crippen LogP contribution in [0.15, 0.2) is 48.5 Å². The van der Waals surface area contributed by atoms with Gasteiger partial charge in [0.1, 0.15) is 0 Å². The minimum Gasteiger partial charge on any atom is -0.337 e. The number of amides is 1. The molecule has 1 aliphatic rings. The van der Waals surface area contributed by atoms with Crippen LogP contribution >= 0.6 is 0 Å². The number of nitrogens with zero attached hydrogens (tertiary/aromatic N) is 2. The molecule has 0 radical (unpaired) electrons. The van der Waals surface area contributed by atoms with Gasteiger partial charge < -0.3 is 4.90 Å². The van der Waals surface area contributed by atoms with E-state index in [0.29, 0.717) is 36.7 Å². The first kappa shape index (κ1) is 20.4. The summed E-state index contributed by atoms with van der Waals surface area (Å²) in [5, 5.41) is 0. The molecule has 1 heterocycles. The second-order valence-electron chi connectivity index (χ2n) is 7.70. The first-order valence-corrected chi connectivity index (χ1v) is 11.3. The number of sulfonamides is 1. The quantitative estimate of drug-likeness (QED) is 0.762. The molecule has 1 amide bonds. The second-order valence-corrected chi connectivity index (χ2v) is 9.71. The van der Waals surface area contributed by atoms with Gasteiger partial charge in [0.05, 0.1) is 11.4 Å². The van der Waals surface area contributed by atoms with Crippen LogP contribution in [0.2, 0.25) is 0 Å². The van der Waals surface area contributed by atoms with Crippen LogP contribution in [0.3, 0.4) is 0 Å². The Morgan fingerprint density at radius 2 is 1.68 bits per heavy atom. The molecule has 150 valence electrons. The van der Waals surface area contributed by atoms with E-state index in [1.807, 2.05) is 0 Å². The van der Waals surface area contributed by atoms with Gasteiger partial charge in [-0.15, -0.1) is 0 Å². The predicted molar refractivity (Wildman–Crippen MR) is 113 cm³/mol.